The first-order valence-corrected chi connectivity index (χ1v) is 5.49. The third kappa shape index (κ3) is 3.33. The van der Waals surface area contributed by atoms with Crippen LogP contribution in [0.4, 0.5) is 13.2 Å². The van der Waals surface area contributed by atoms with Gasteiger partial charge in [0.15, 0.2) is 6.61 Å². The summed E-state index contributed by atoms with van der Waals surface area (Å²) in [7, 11) is 0. The Labute approximate surface area is 104 Å². The van der Waals surface area contributed by atoms with Crippen LogP contribution in [-0.4, -0.2) is 17.8 Å². The lowest BCUT2D eigenvalue weighted by molar-refractivity contribution is -0.154. The van der Waals surface area contributed by atoms with E-state index in [1.807, 2.05) is 12.1 Å². The molecule has 17 heavy (non-hydrogen) atoms. The number of benzene rings is 1. The maximum atomic E-state index is 12.0. The number of fused-ring (bicyclic) bond motifs is 1. The van der Waals surface area contributed by atoms with Crippen LogP contribution in [0, 0.1) is 0 Å². The van der Waals surface area contributed by atoms with E-state index in [-0.39, 0.29) is 5.88 Å². The number of nitrogens with zero attached hydrogens (tertiary/aromatic N) is 1. The van der Waals surface area contributed by atoms with E-state index in [1.165, 1.54) is 6.07 Å². The molecule has 1 heterocycles. The van der Waals surface area contributed by atoms with Gasteiger partial charge in [0.1, 0.15) is 0 Å². The van der Waals surface area contributed by atoms with Crippen LogP contribution in [0.2, 0.25) is 0 Å². The predicted molar refractivity (Wildman–Crippen MR) is 61.0 cm³/mol. The summed E-state index contributed by atoms with van der Waals surface area (Å²) in [5.41, 5.74) is 0.582. The third-order valence-corrected chi connectivity index (χ3v) is 2.51. The molecule has 0 spiro atoms. The van der Waals surface area contributed by atoms with Crippen LogP contribution in [-0.2, 0) is 0 Å². The zero-order chi connectivity index (χ0) is 12.5. The Bertz CT molecular complexity index is 542. The van der Waals surface area contributed by atoms with E-state index in [0.717, 1.165) is 9.86 Å². The van der Waals surface area contributed by atoms with Crippen LogP contribution in [0.5, 0.6) is 5.88 Å². The van der Waals surface area contributed by atoms with E-state index >= 15 is 0 Å². The smallest absolute Gasteiger partial charge is 0.422 e. The molecular weight excluding hydrogens is 299 g/mol. The second-order valence-electron chi connectivity index (χ2n) is 3.39. The molecule has 2 aromatic rings. The van der Waals surface area contributed by atoms with Gasteiger partial charge in [0, 0.05) is 15.9 Å². The Balaban J connectivity index is 2.25. The Hall–Kier alpha value is -1.30. The fourth-order valence-electron chi connectivity index (χ4n) is 1.31. The molecule has 2 nitrogen and oxygen atoms in total. The van der Waals surface area contributed by atoms with Crippen LogP contribution < -0.4 is 4.74 Å². The molecule has 6 heteroatoms. The second kappa shape index (κ2) is 4.52. The first kappa shape index (κ1) is 12.2. The van der Waals surface area contributed by atoms with E-state index in [1.54, 1.807) is 12.1 Å². The molecule has 0 N–H and O–H groups in total. The van der Waals surface area contributed by atoms with Gasteiger partial charge < -0.3 is 4.74 Å². The van der Waals surface area contributed by atoms with E-state index in [2.05, 4.69) is 25.7 Å². The van der Waals surface area contributed by atoms with Crippen molar-refractivity contribution in [3.05, 3.63) is 34.8 Å². The topological polar surface area (TPSA) is 22.1 Å². The van der Waals surface area contributed by atoms with Crippen LogP contribution in [0.1, 0.15) is 0 Å². The van der Waals surface area contributed by atoms with Crippen molar-refractivity contribution in [3.63, 3.8) is 0 Å². The van der Waals surface area contributed by atoms with Gasteiger partial charge in [-0.25, -0.2) is 4.98 Å². The quantitative estimate of drug-likeness (QED) is 0.838. The Morgan fingerprint density at radius 2 is 1.88 bits per heavy atom. The zero-order valence-electron chi connectivity index (χ0n) is 8.46. The molecule has 0 bridgehead atoms. The highest BCUT2D eigenvalue weighted by atomic mass is 79.9. The van der Waals surface area contributed by atoms with Crippen molar-refractivity contribution in [2.24, 2.45) is 0 Å². The molecule has 0 atom stereocenters. The SMILES string of the molecule is FC(F)(F)COc1ccc2ccc(Br)cc2n1. The average Bonchev–Trinajstić information content (AvgIpc) is 2.24. The molecule has 0 fully saturated rings. The van der Waals surface area contributed by atoms with E-state index in [9.17, 15) is 13.2 Å². The highest BCUT2D eigenvalue weighted by molar-refractivity contribution is 9.10. The summed E-state index contributed by atoms with van der Waals surface area (Å²) in [6.45, 7) is -1.33. The van der Waals surface area contributed by atoms with E-state index in [0.29, 0.717) is 5.52 Å². The molecule has 0 radical (unpaired) electrons. The van der Waals surface area contributed by atoms with Crippen molar-refractivity contribution >= 4 is 26.8 Å². The maximum Gasteiger partial charge on any atom is 0.422 e. The van der Waals surface area contributed by atoms with Crippen molar-refractivity contribution in [2.45, 2.75) is 6.18 Å². The first-order chi connectivity index (χ1) is 7.94. The summed E-state index contributed by atoms with van der Waals surface area (Å²) in [5.74, 6) is -0.0343. The summed E-state index contributed by atoms with van der Waals surface area (Å²) in [4.78, 5) is 3.99. The first-order valence-electron chi connectivity index (χ1n) is 4.70. The van der Waals surface area contributed by atoms with Crippen LogP contribution in [0.25, 0.3) is 10.9 Å². The van der Waals surface area contributed by atoms with Gasteiger partial charge in [0.2, 0.25) is 5.88 Å². The Morgan fingerprint density at radius 1 is 1.18 bits per heavy atom. The molecule has 1 aromatic carbocycles. The fourth-order valence-corrected chi connectivity index (χ4v) is 1.66. The minimum Gasteiger partial charge on any atom is -0.468 e. The summed E-state index contributed by atoms with van der Waals surface area (Å²) in [6.07, 6.45) is -4.35. The number of hydrogen-bond donors (Lipinski definition) is 0. The van der Waals surface area contributed by atoms with E-state index < -0.39 is 12.8 Å². The number of halogens is 4. The van der Waals surface area contributed by atoms with Gasteiger partial charge in [0.25, 0.3) is 0 Å². The molecule has 90 valence electrons. The van der Waals surface area contributed by atoms with Crippen molar-refractivity contribution in [1.29, 1.82) is 0 Å². The van der Waals surface area contributed by atoms with Gasteiger partial charge in [-0.3, -0.25) is 0 Å². The highest BCUT2D eigenvalue weighted by Gasteiger charge is 2.28. The summed E-state index contributed by atoms with van der Waals surface area (Å²) in [6, 6.07) is 8.46. The molecule has 0 aliphatic carbocycles. The van der Waals surface area contributed by atoms with Crippen LogP contribution in [0.15, 0.2) is 34.8 Å². The van der Waals surface area contributed by atoms with Crippen LogP contribution in [0.3, 0.4) is 0 Å². The normalized spacial score (nSPS) is 11.8. The molecule has 1 aromatic heterocycles. The predicted octanol–water partition coefficient (Wildman–Crippen LogP) is 3.94. The fraction of sp³-hybridized carbons (Fsp3) is 0.182. The molecule has 0 saturated heterocycles. The number of pyridine rings is 1. The van der Waals surface area contributed by atoms with Crippen molar-refractivity contribution in [1.82, 2.24) is 4.98 Å². The van der Waals surface area contributed by atoms with Crippen molar-refractivity contribution in [2.75, 3.05) is 6.61 Å². The minimum absolute atomic E-state index is 0.0343. The van der Waals surface area contributed by atoms with Crippen molar-refractivity contribution < 1.29 is 17.9 Å². The lowest BCUT2D eigenvalue weighted by Gasteiger charge is -2.08. The summed E-state index contributed by atoms with van der Waals surface area (Å²) >= 11 is 3.27. The number of hydrogen-bond acceptors (Lipinski definition) is 2. The Morgan fingerprint density at radius 3 is 2.59 bits per heavy atom. The standard InChI is InChI=1S/C11H7BrF3NO/c12-8-3-1-7-2-4-10(16-9(7)5-8)17-6-11(13,14)15/h1-5H,6H2. The average molecular weight is 306 g/mol. The van der Waals surface area contributed by atoms with Gasteiger partial charge in [-0.2, -0.15) is 13.2 Å². The second-order valence-corrected chi connectivity index (χ2v) is 4.31. The number of ether oxygens (including phenoxy) is 1. The summed E-state index contributed by atoms with van der Waals surface area (Å²) in [5, 5.41) is 0.840. The van der Waals surface area contributed by atoms with Gasteiger partial charge in [-0.05, 0) is 18.2 Å². The lowest BCUT2D eigenvalue weighted by atomic mass is 10.2. The zero-order valence-corrected chi connectivity index (χ0v) is 10.0. The minimum atomic E-state index is -4.35. The molecule has 0 unspecified atom stereocenters. The number of aromatic nitrogens is 1. The lowest BCUT2D eigenvalue weighted by Crippen LogP contribution is -2.19. The Kier molecular flexibility index (Phi) is 3.24. The summed E-state index contributed by atoms with van der Waals surface area (Å²) < 4.78 is 41.3. The van der Waals surface area contributed by atoms with Crippen LogP contribution >= 0.6 is 15.9 Å². The number of rotatable bonds is 2. The molecular formula is C11H7BrF3NO. The highest BCUT2D eigenvalue weighted by Crippen LogP contribution is 2.22. The molecule has 2 rings (SSSR count). The van der Waals surface area contributed by atoms with Gasteiger partial charge in [-0.1, -0.05) is 22.0 Å². The number of alkyl halides is 3. The molecule has 0 aliphatic heterocycles. The third-order valence-electron chi connectivity index (χ3n) is 2.01. The molecule has 0 saturated carbocycles. The van der Waals surface area contributed by atoms with Gasteiger partial charge >= 0.3 is 6.18 Å². The molecule has 0 amide bonds. The maximum absolute atomic E-state index is 12.0. The van der Waals surface area contributed by atoms with E-state index in [4.69, 9.17) is 0 Å². The van der Waals surface area contributed by atoms with Gasteiger partial charge in [-0.15, -0.1) is 0 Å². The van der Waals surface area contributed by atoms with Gasteiger partial charge in [0.05, 0.1) is 5.52 Å². The largest absolute Gasteiger partial charge is 0.468 e. The molecule has 0 aliphatic rings. The van der Waals surface area contributed by atoms with Crippen molar-refractivity contribution in [3.8, 4) is 5.88 Å². The monoisotopic (exact) mass is 305 g/mol.